The van der Waals surface area contributed by atoms with E-state index in [1.54, 1.807) is 0 Å². The van der Waals surface area contributed by atoms with Gasteiger partial charge in [-0.05, 0) is 30.5 Å². The number of amides is 1. The van der Waals surface area contributed by atoms with Crippen LogP contribution in [0.25, 0.3) is 6.08 Å². The molecule has 4 heteroatoms. The molecule has 0 unspecified atom stereocenters. The van der Waals surface area contributed by atoms with E-state index in [4.69, 9.17) is 9.84 Å². The van der Waals surface area contributed by atoms with Crippen LogP contribution in [0.2, 0.25) is 0 Å². The summed E-state index contributed by atoms with van der Waals surface area (Å²) in [7, 11) is 0. The smallest absolute Gasteiger partial charge is 0.244 e. The molecule has 19 heavy (non-hydrogen) atoms. The molecular formula is C15H21NO3. The molecule has 0 bridgehead atoms. The van der Waals surface area contributed by atoms with Crippen LogP contribution in [0.5, 0.6) is 0 Å². The van der Waals surface area contributed by atoms with Crippen LogP contribution < -0.4 is 5.32 Å². The number of rotatable bonds is 8. The first-order chi connectivity index (χ1) is 9.24. The Kier molecular flexibility index (Phi) is 7.54. The van der Waals surface area contributed by atoms with Gasteiger partial charge in [0, 0.05) is 19.2 Å². The Labute approximate surface area is 114 Å². The van der Waals surface area contributed by atoms with E-state index >= 15 is 0 Å². The van der Waals surface area contributed by atoms with Gasteiger partial charge in [-0.3, -0.25) is 4.79 Å². The van der Waals surface area contributed by atoms with Gasteiger partial charge in [0.1, 0.15) is 0 Å². The second kappa shape index (κ2) is 9.30. The molecule has 0 saturated carbocycles. The minimum atomic E-state index is -0.106. The van der Waals surface area contributed by atoms with Crippen molar-refractivity contribution in [1.29, 1.82) is 0 Å². The quantitative estimate of drug-likeness (QED) is 0.552. The van der Waals surface area contributed by atoms with Gasteiger partial charge in [-0.1, -0.05) is 24.3 Å². The van der Waals surface area contributed by atoms with Crippen LogP contribution >= 0.6 is 0 Å². The molecule has 0 aliphatic rings. The van der Waals surface area contributed by atoms with E-state index in [1.807, 2.05) is 37.3 Å². The number of nitrogens with one attached hydrogen (secondary N) is 1. The lowest BCUT2D eigenvalue weighted by Gasteiger charge is -2.03. The number of ether oxygens (including phenoxy) is 1. The SMILES string of the molecule is Cc1ccccc1/C=C/C(=O)NCCCOCCO. The average Bonchev–Trinajstić information content (AvgIpc) is 2.42. The minimum Gasteiger partial charge on any atom is -0.394 e. The molecular weight excluding hydrogens is 242 g/mol. The molecule has 0 radical (unpaired) electrons. The number of benzene rings is 1. The second-order valence-corrected chi connectivity index (χ2v) is 4.17. The maximum Gasteiger partial charge on any atom is 0.244 e. The van der Waals surface area contributed by atoms with Gasteiger partial charge in [0.15, 0.2) is 0 Å². The van der Waals surface area contributed by atoms with E-state index in [0.717, 1.165) is 17.5 Å². The van der Waals surface area contributed by atoms with Crippen molar-refractivity contribution in [1.82, 2.24) is 5.32 Å². The normalized spacial score (nSPS) is 10.8. The number of aryl methyl sites for hydroxylation is 1. The highest BCUT2D eigenvalue weighted by atomic mass is 16.5. The zero-order valence-corrected chi connectivity index (χ0v) is 11.3. The Bertz CT molecular complexity index is 416. The van der Waals surface area contributed by atoms with Gasteiger partial charge < -0.3 is 15.2 Å². The van der Waals surface area contributed by atoms with Crippen LogP contribution in [-0.4, -0.2) is 37.4 Å². The van der Waals surface area contributed by atoms with E-state index in [2.05, 4.69) is 5.32 Å². The fourth-order valence-electron chi connectivity index (χ4n) is 1.55. The van der Waals surface area contributed by atoms with Gasteiger partial charge in [0.2, 0.25) is 5.91 Å². The molecule has 1 rings (SSSR count). The van der Waals surface area contributed by atoms with Crippen molar-refractivity contribution in [3.63, 3.8) is 0 Å². The molecule has 2 N–H and O–H groups in total. The Balaban J connectivity index is 2.22. The first-order valence-corrected chi connectivity index (χ1v) is 6.44. The van der Waals surface area contributed by atoms with E-state index in [0.29, 0.717) is 19.8 Å². The van der Waals surface area contributed by atoms with Crippen molar-refractivity contribution in [3.05, 3.63) is 41.5 Å². The van der Waals surface area contributed by atoms with Gasteiger partial charge in [0.05, 0.1) is 13.2 Å². The molecule has 0 spiro atoms. The molecule has 0 saturated heterocycles. The van der Waals surface area contributed by atoms with Crippen molar-refractivity contribution in [2.75, 3.05) is 26.4 Å². The van der Waals surface area contributed by atoms with Gasteiger partial charge in [-0.15, -0.1) is 0 Å². The topological polar surface area (TPSA) is 58.6 Å². The Morgan fingerprint density at radius 3 is 2.89 bits per heavy atom. The summed E-state index contributed by atoms with van der Waals surface area (Å²) in [5, 5.41) is 11.3. The number of carbonyl (C=O) groups is 1. The van der Waals surface area contributed by atoms with Crippen LogP contribution in [0.1, 0.15) is 17.5 Å². The molecule has 1 amide bonds. The zero-order valence-electron chi connectivity index (χ0n) is 11.3. The van der Waals surface area contributed by atoms with Gasteiger partial charge >= 0.3 is 0 Å². The van der Waals surface area contributed by atoms with Crippen molar-refractivity contribution in [3.8, 4) is 0 Å². The molecule has 0 aliphatic carbocycles. The van der Waals surface area contributed by atoms with E-state index in [-0.39, 0.29) is 12.5 Å². The molecule has 1 aromatic rings. The minimum absolute atomic E-state index is 0.0333. The first-order valence-electron chi connectivity index (χ1n) is 6.44. The third-order valence-electron chi connectivity index (χ3n) is 2.60. The monoisotopic (exact) mass is 263 g/mol. The summed E-state index contributed by atoms with van der Waals surface area (Å²) in [5.74, 6) is -0.106. The van der Waals surface area contributed by atoms with Crippen LogP contribution in [0.3, 0.4) is 0 Å². The molecule has 0 aromatic heterocycles. The first kappa shape index (κ1) is 15.4. The fourth-order valence-corrected chi connectivity index (χ4v) is 1.55. The van der Waals surface area contributed by atoms with Gasteiger partial charge in [-0.2, -0.15) is 0 Å². The molecule has 0 heterocycles. The largest absolute Gasteiger partial charge is 0.394 e. The predicted molar refractivity (Wildman–Crippen MR) is 75.7 cm³/mol. The number of carbonyl (C=O) groups excluding carboxylic acids is 1. The third kappa shape index (κ3) is 6.74. The van der Waals surface area contributed by atoms with Crippen molar-refractivity contribution in [2.24, 2.45) is 0 Å². The van der Waals surface area contributed by atoms with E-state index in [9.17, 15) is 4.79 Å². The van der Waals surface area contributed by atoms with E-state index in [1.165, 1.54) is 6.08 Å². The van der Waals surface area contributed by atoms with Crippen LogP contribution in [0, 0.1) is 6.92 Å². The van der Waals surface area contributed by atoms with Crippen molar-refractivity contribution in [2.45, 2.75) is 13.3 Å². The summed E-state index contributed by atoms with van der Waals surface area (Å²) >= 11 is 0. The van der Waals surface area contributed by atoms with Crippen LogP contribution in [0.15, 0.2) is 30.3 Å². The fraction of sp³-hybridized carbons (Fsp3) is 0.400. The van der Waals surface area contributed by atoms with Crippen molar-refractivity contribution < 1.29 is 14.6 Å². The molecule has 4 nitrogen and oxygen atoms in total. The van der Waals surface area contributed by atoms with Crippen LogP contribution in [-0.2, 0) is 9.53 Å². The lowest BCUT2D eigenvalue weighted by molar-refractivity contribution is -0.116. The maximum atomic E-state index is 11.5. The highest BCUT2D eigenvalue weighted by Gasteiger charge is 1.96. The van der Waals surface area contributed by atoms with Gasteiger partial charge in [0.25, 0.3) is 0 Å². The summed E-state index contributed by atoms with van der Waals surface area (Å²) in [6.45, 7) is 3.51. The number of hydrogen-bond acceptors (Lipinski definition) is 3. The zero-order chi connectivity index (χ0) is 13.9. The maximum absolute atomic E-state index is 11.5. The second-order valence-electron chi connectivity index (χ2n) is 4.17. The summed E-state index contributed by atoms with van der Waals surface area (Å²) in [4.78, 5) is 11.5. The predicted octanol–water partition coefficient (Wildman–Crippen LogP) is 1.52. The summed E-state index contributed by atoms with van der Waals surface area (Å²) < 4.78 is 5.09. The molecule has 1 aromatic carbocycles. The third-order valence-corrected chi connectivity index (χ3v) is 2.60. The molecule has 0 fully saturated rings. The Morgan fingerprint density at radius 1 is 1.37 bits per heavy atom. The van der Waals surface area contributed by atoms with Crippen molar-refractivity contribution >= 4 is 12.0 Å². The number of aliphatic hydroxyl groups excluding tert-OH is 1. The molecule has 0 aliphatic heterocycles. The average molecular weight is 263 g/mol. The highest BCUT2D eigenvalue weighted by molar-refractivity contribution is 5.91. The summed E-state index contributed by atoms with van der Waals surface area (Å²) in [5.41, 5.74) is 2.19. The lowest BCUT2D eigenvalue weighted by Crippen LogP contribution is -2.23. The molecule has 104 valence electrons. The highest BCUT2D eigenvalue weighted by Crippen LogP contribution is 2.08. The molecule has 0 atom stereocenters. The Morgan fingerprint density at radius 2 is 2.16 bits per heavy atom. The van der Waals surface area contributed by atoms with Crippen LogP contribution in [0.4, 0.5) is 0 Å². The summed E-state index contributed by atoms with van der Waals surface area (Å²) in [6.07, 6.45) is 4.09. The van der Waals surface area contributed by atoms with Gasteiger partial charge in [-0.25, -0.2) is 0 Å². The Hall–Kier alpha value is -1.65. The van der Waals surface area contributed by atoms with E-state index < -0.39 is 0 Å². The standard InChI is InChI=1S/C15H21NO3/c1-13-5-2-3-6-14(13)7-8-15(18)16-9-4-11-19-12-10-17/h2-3,5-8,17H,4,9-12H2,1H3,(H,16,18)/b8-7+. The lowest BCUT2D eigenvalue weighted by atomic mass is 10.1. The summed E-state index contributed by atoms with van der Waals surface area (Å²) in [6, 6.07) is 7.90. The number of aliphatic hydroxyl groups is 1. The number of hydrogen-bond donors (Lipinski definition) is 2.